The van der Waals surface area contributed by atoms with E-state index in [4.69, 9.17) is 15.6 Å². The number of carboxylic acid groups (broad SMARTS) is 1. The van der Waals surface area contributed by atoms with Crippen LogP contribution in [-0.2, 0) is 11.0 Å². The summed E-state index contributed by atoms with van der Waals surface area (Å²) in [6.45, 7) is 1.03. The number of rotatable bonds is 9. The molecule has 4 aromatic rings. The third-order valence-electron chi connectivity index (χ3n) is 7.06. The highest BCUT2D eigenvalue weighted by Crippen LogP contribution is 2.49. The summed E-state index contributed by atoms with van der Waals surface area (Å²) in [5, 5.41) is 22.0. The van der Waals surface area contributed by atoms with Gasteiger partial charge in [0.05, 0.1) is 36.0 Å². The van der Waals surface area contributed by atoms with Crippen molar-refractivity contribution in [1.29, 1.82) is 0 Å². The number of nitrogens with one attached hydrogen (secondary N) is 1. The van der Waals surface area contributed by atoms with Crippen molar-refractivity contribution in [2.45, 2.75) is 44.5 Å². The summed E-state index contributed by atoms with van der Waals surface area (Å²) >= 11 is 0. The molecule has 0 unspecified atom stereocenters. The van der Waals surface area contributed by atoms with E-state index < -0.39 is 65.4 Å². The lowest BCUT2D eigenvalue weighted by atomic mass is 9.93. The van der Waals surface area contributed by atoms with E-state index in [1.54, 1.807) is 6.07 Å². The minimum atomic E-state index is -5.04. The first-order chi connectivity index (χ1) is 22.3. The number of hydrogen-bond acceptors (Lipinski definition) is 8. The van der Waals surface area contributed by atoms with Gasteiger partial charge in [0.15, 0.2) is 17.3 Å². The van der Waals surface area contributed by atoms with Gasteiger partial charge in [0.1, 0.15) is 17.0 Å². The fourth-order valence-electron chi connectivity index (χ4n) is 4.86. The molecule has 3 heterocycles. The molecule has 16 heteroatoms. The smallest absolute Gasteiger partial charge is 0.422 e. The normalized spacial score (nSPS) is 16.2. The second kappa shape index (κ2) is 15.0. The number of anilines is 2. The van der Waals surface area contributed by atoms with E-state index in [2.05, 4.69) is 20.6 Å². The number of carbonyl (C=O) groups excluding carboxylic acids is 1. The lowest BCUT2D eigenvalue weighted by molar-refractivity contribution is -0.138. The summed E-state index contributed by atoms with van der Waals surface area (Å²) < 4.78 is 80.6. The van der Waals surface area contributed by atoms with E-state index in [0.717, 1.165) is 18.6 Å². The number of benzene rings is 2. The molecule has 11 nitrogen and oxygen atoms in total. The number of aromatic nitrogens is 4. The third-order valence-corrected chi connectivity index (χ3v) is 7.06. The molecule has 4 N–H and O–H groups in total. The van der Waals surface area contributed by atoms with Gasteiger partial charge in [0, 0.05) is 25.7 Å². The van der Waals surface area contributed by atoms with Gasteiger partial charge in [-0.2, -0.15) is 28.5 Å². The van der Waals surface area contributed by atoms with E-state index in [-0.39, 0.29) is 30.8 Å². The molecule has 1 aliphatic rings. The molecule has 0 saturated carbocycles. The van der Waals surface area contributed by atoms with Gasteiger partial charge in [-0.15, -0.1) is 0 Å². The lowest BCUT2D eigenvalue weighted by Crippen LogP contribution is -2.50. The standard InChI is InChI=1S/C27H24F5N7O2.C4H8O2/c28-18-4-1-2-5-21(18)41-22-7-6-19(36-25(40)20-9-13-39(37-20)17-8-11-34-35-14-17)24(23(22)27(30,31)32)38-12-3-10-26(29,15-33)16-38;1-2-3-4(5)6/h1-2,4-9,11,13-14H,3,10,12,15-16,33H2,(H,36,40);2-3H2,1H3,(H,5,6)/t26-;/m1./s1. The maximum absolute atomic E-state index is 15.4. The number of carbonyl (C=O) groups is 2. The van der Waals surface area contributed by atoms with Crippen LogP contribution in [-0.4, -0.2) is 62.3 Å². The van der Waals surface area contributed by atoms with Crippen LogP contribution >= 0.6 is 0 Å². The van der Waals surface area contributed by atoms with Gasteiger partial charge in [-0.1, -0.05) is 19.1 Å². The number of halogens is 5. The van der Waals surface area contributed by atoms with Crippen molar-refractivity contribution in [3.05, 3.63) is 84.2 Å². The third kappa shape index (κ3) is 8.78. The van der Waals surface area contributed by atoms with Gasteiger partial charge in [-0.3, -0.25) is 9.59 Å². The first-order valence-corrected chi connectivity index (χ1v) is 14.5. The first-order valence-electron chi connectivity index (χ1n) is 14.5. The van der Waals surface area contributed by atoms with Crippen LogP contribution in [0.5, 0.6) is 11.5 Å². The van der Waals surface area contributed by atoms with Crippen molar-refractivity contribution in [3.8, 4) is 17.2 Å². The number of hydrogen-bond donors (Lipinski definition) is 3. The number of nitrogens with zero attached hydrogens (tertiary/aromatic N) is 5. The van der Waals surface area contributed by atoms with Crippen LogP contribution in [0, 0.1) is 5.82 Å². The van der Waals surface area contributed by atoms with Crippen LogP contribution in [0.4, 0.5) is 33.3 Å². The Hall–Kier alpha value is -5.12. The number of ether oxygens (including phenoxy) is 1. The van der Waals surface area contributed by atoms with Gasteiger partial charge in [0.25, 0.3) is 5.91 Å². The minimum absolute atomic E-state index is 0.0461. The molecular formula is C31H32F5N7O4. The number of aliphatic carboxylic acids is 1. The van der Waals surface area contributed by atoms with Crippen LogP contribution in [0.15, 0.2) is 67.1 Å². The molecule has 5 rings (SSSR count). The molecule has 2 aromatic carbocycles. The molecule has 0 spiro atoms. The van der Waals surface area contributed by atoms with Crippen molar-refractivity contribution in [2.24, 2.45) is 5.73 Å². The molecule has 0 aliphatic carbocycles. The average molecular weight is 662 g/mol. The molecule has 1 saturated heterocycles. The van der Waals surface area contributed by atoms with Gasteiger partial charge >= 0.3 is 12.1 Å². The highest BCUT2D eigenvalue weighted by Gasteiger charge is 2.43. The summed E-state index contributed by atoms with van der Waals surface area (Å²) in [4.78, 5) is 24.0. The minimum Gasteiger partial charge on any atom is -0.481 e. The quantitative estimate of drug-likeness (QED) is 0.184. The monoisotopic (exact) mass is 661 g/mol. The predicted molar refractivity (Wildman–Crippen MR) is 162 cm³/mol. The fraction of sp³-hybridized carbons (Fsp3) is 0.323. The molecule has 1 amide bonds. The molecule has 0 radical (unpaired) electrons. The largest absolute Gasteiger partial charge is 0.481 e. The molecule has 1 fully saturated rings. The Morgan fingerprint density at radius 1 is 1.11 bits per heavy atom. The van der Waals surface area contributed by atoms with Gasteiger partial charge in [-0.25, -0.2) is 13.5 Å². The van der Waals surface area contributed by atoms with E-state index in [9.17, 15) is 27.2 Å². The Morgan fingerprint density at radius 2 is 1.87 bits per heavy atom. The van der Waals surface area contributed by atoms with E-state index >= 15 is 4.39 Å². The Bertz CT molecular complexity index is 1690. The summed E-state index contributed by atoms with van der Waals surface area (Å²) in [6.07, 6.45) is 0.575. The summed E-state index contributed by atoms with van der Waals surface area (Å²) in [6, 6.07) is 10.1. The number of alkyl halides is 4. The molecular weight excluding hydrogens is 629 g/mol. The number of amides is 1. The Balaban J connectivity index is 0.000000762. The van der Waals surface area contributed by atoms with Crippen LogP contribution in [0.2, 0.25) is 0 Å². The van der Waals surface area contributed by atoms with Gasteiger partial charge in [0.2, 0.25) is 0 Å². The van der Waals surface area contributed by atoms with Crippen molar-refractivity contribution in [1.82, 2.24) is 20.0 Å². The van der Waals surface area contributed by atoms with E-state index in [1.807, 2.05) is 6.92 Å². The molecule has 47 heavy (non-hydrogen) atoms. The molecule has 1 aliphatic heterocycles. The predicted octanol–water partition coefficient (Wildman–Crippen LogP) is 6.00. The molecule has 250 valence electrons. The van der Waals surface area contributed by atoms with Crippen molar-refractivity contribution in [2.75, 3.05) is 29.9 Å². The summed E-state index contributed by atoms with van der Waals surface area (Å²) in [5.41, 5.74) is 1.98. The summed E-state index contributed by atoms with van der Waals surface area (Å²) in [5.74, 6) is -3.55. The zero-order valence-corrected chi connectivity index (χ0v) is 25.2. The second-order valence-electron chi connectivity index (χ2n) is 10.6. The zero-order chi connectivity index (χ0) is 34.2. The maximum Gasteiger partial charge on any atom is 0.422 e. The molecule has 0 bridgehead atoms. The van der Waals surface area contributed by atoms with Crippen LogP contribution in [0.3, 0.4) is 0 Å². The lowest BCUT2D eigenvalue weighted by Gasteiger charge is -2.40. The molecule has 1 atom stereocenters. The van der Waals surface area contributed by atoms with Crippen molar-refractivity contribution in [3.63, 3.8) is 0 Å². The summed E-state index contributed by atoms with van der Waals surface area (Å²) in [7, 11) is 0. The SMILES string of the molecule is CCCC(=O)O.NC[C@]1(F)CCCN(c2c(NC(=O)c3ccn(-c4ccnnc4)n3)ccc(Oc3ccccc3F)c2C(F)(F)F)C1. The number of piperidine rings is 1. The number of carboxylic acids is 1. The highest BCUT2D eigenvalue weighted by molar-refractivity contribution is 6.05. The van der Waals surface area contributed by atoms with Crippen LogP contribution in [0.1, 0.15) is 48.7 Å². The fourth-order valence-corrected chi connectivity index (χ4v) is 4.86. The number of nitrogens with two attached hydrogens (primary N) is 1. The van der Waals surface area contributed by atoms with E-state index in [0.29, 0.717) is 12.1 Å². The average Bonchev–Trinajstić information content (AvgIpc) is 3.54. The Labute approximate surface area is 266 Å². The second-order valence-corrected chi connectivity index (χ2v) is 10.6. The number of para-hydroxylation sites is 1. The topological polar surface area (TPSA) is 148 Å². The van der Waals surface area contributed by atoms with Crippen LogP contribution in [0.25, 0.3) is 5.69 Å². The molecule has 2 aromatic heterocycles. The van der Waals surface area contributed by atoms with Crippen molar-refractivity contribution >= 4 is 23.3 Å². The zero-order valence-electron chi connectivity index (χ0n) is 25.2. The van der Waals surface area contributed by atoms with E-state index in [1.165, 1.54) is 58.5 Å². The Morgan fingerprint density at radius 3 is 2.49 bits per heavy atom. The first kappa shape index (κ1) is 34.7. The van der Waals surface area contributed by atoms with Gasteiger partial charge < -0.3 is 25.8 Å². The maximum atomic E-state index is 15.4. The Kier molecular flexibility index (Phi) is 11.1. The van der Waals surface area contributed by atoms with Crippen LogP contribution < -0.4 is 20.7 Å². The highest BCUT2D eigenvalue weighted by atomic mass is 19.4. The van der Waals surface area contributed by atoms with Gasteiger partial charge in [-0.05, 0) is 55.7 Å². The van der Waals surface area contributed by atoms with Crippen molar-refractivity contribution < 1.29 is 41.4 Å².